The number of likely N-dealkylation sites (tertiary alicyclic amines) is 2. The predicted molar refractivity (Wildman–Crippen MR) is 215 cm³/mol. The van der Waals surface area contributed by atoms with Crippen LogP contribution in [-0.4, -0.2) is 75.7 Å². The standard InChI is InChI=1S/C44H46N8O3/c1-45-39(30-11-5-3-6-12-30)43(54)51-23-9-15-37(51)41-47-27-36(50-41)29-19-17-28(18-20-29)35-26-32-25-33(21-22-34(32)49-35)48-42(53)38-16-10-24-52(38)44(55)40(46-2)31-13-7-4-8-14-31/h3-8,11-14,17-22,25-27,37-40,45-46,49H,9-10,15-16,23-24H2,1-2H3,(H,47,50)(H,48,53)/t37-,38-,39+,40+/m0/s1. The Morgan fingerprint density at radius 3 is 1.95 bits per heavy atom. The molecule has 0 saturated carbocycles. The third kappa shape index (κ3) is 7.28. The number of nitrogens with zero attached hydrogens (tertiary/aromatic N) is 3. The van der Waals surface area contributed by atoms with E-state index in [1.54, 1.807) is 11.9 Å². The average Bonchev–Trinajstić information content (AvgIpc) is 4.06. The Morgan fingerprint density at radius 1 is 0.691 bits per heavy atom. The number of hydrogen-bond acceptors (Lipinski definition) is 6. The van der Waals surface area contributed by atoms with Crippen LogP contribution in [0.15, 0.2) is 115 Å². The molecule has 5 N–H and O–H groups in total. The topological polar surface area (TPSA) is 138 Å². The van der Waals surface area contributed by atoms with Crippen molar-refractivity contribution in [3.05, 3.63) is 132 Å². The molecule has 0 radical (unpaired) electrons. The van der Waals surface area contributed by atoms with E-state index in [9.17, 15) is 14.4 Å². The molecule has 2 aliphatic rings. The van der Waals surface area contributed by atoms with Gasteiger partial charge in [0.1, 0.15) is 23.9 Å². The Kier molecular flexibility index (Phi) is 10.3. The van der Waals surface area contributed by atoms with Crippen molar-refractivity contribution in [3.63, 3.8) is 0 Å². The van der Waals surface area contributed by atoms with Crippen LogP contribution in [0.3, 0.4) is 0 Å². The summed E-state index contributed by atoms with van der Waals surface area (Å²) in [7, 11) is 3.60. The largest absolute Gasteiger partial charge is 0.355 e. The number of aromatic amines is 2. The Hall–Kier alpha value is -6.04. The molecule has 0 unspecified atom stereocenters. The maximum Gasteiger partial charge on any atom is 0.247 e. The second-order valence-electron chi connectivity index (χ2n) is 14.4. The zero-order chi connectivity index (χ0) is 37.9. The van der Waals surface area contributed by atoms with E-state index in [1.807, 2.05) is 97.0 Å². The van der Waals surface area contributed by atoms with Crippen LogP contribution in [-0.2, 0) is 14.4 Å². The lowest BCUT2D eigenvalue weighted by molar-refractivity contribution is -0.138. The van der Waals surface area contributed by atoms with Crippen LogP contribution in [0.4, 0.5) is 5.69 Å². The minimum Gasteiger partial charge on any atom is -0.355 e. The second-order valence-corrected chi connectivity index (χ2v) is 14.4. The third-order valence-corrected chi connectivity index (χ3v) is 11.0. The lowest BCUT2D eigenvalue weighted by atomic mass is 10.1. The summed E-state index contributed by atoms with van der Waals surface area (Å²) in [5.41, 5.74) is 7.35. The van der Waals surface area contributed by atoms with Crippen LogP contribution in [0.1, 0.15) is 60.8 Å². The molecule has 0 bridgehead atoms. The summed E-state index contributed by atoms with van der Waals surface area (Å²) < 4.78 is 0. The average molecular weight is 735 g/mol. The van der Waals surface area contributed by atoms with Gasteiger partial charge >= 0.3 is 0 Å². The van der Waals surface area contributed by atoms with Crippen molar-refractivity contribution in [2.24, 2.45) is 0 Å². The molecule has 2 fully saturated rings. The molecular weight excluding hydrogens is 689 g/mol. The van der Waals surface area contributed by atoms with Gasteiger partial charge in [-0.3, -0.25) is 14.4 Å². The van der Waals surface area contributed by atoms with Gasteiger partial charge in [0, 0.05) is 35.4 Å². The van der Waals surface area contributed by atoms with Crippen molar-refractivity contribution in [3.8, 4) is 22.5 Å². The van der Waals surface area contributed by atoms with Crippen LogP contribution >= 0.6 is 0 Å². The molecule has 280 valence electrons. The second kappa shape index (κ2) is 15.7. The molecule has 55 heavy (non-hydrogen) atoms. The number of rotatable bonds is 11. The summed E-state index contributed by atoms with van der Waals surface area (Å²) in [4.78, 5) is 56.2. The molecule has 4 atom stereocenters. The first kappa shape index (κ1) is 36.0. The molecule has 2 aliphatic heterocycles. The van der Waals surface area contributed by atoms with Crippen molar-refractivity contribution < 1.29 is 14.4 Å². The smallest absolute Gasteiger partial charge is 0.247 e. The molecule has 0 spiro atoms. The number of imidazole rings is 1. The first-order valence-electron chi connectivity index (χ1n) is 19.1. The Labute approximate surface area is 320 Å². The zero-order valence-corrected chi connectivity index (χ0v) is 31.1. The van der Waals surface area contributed by atoms with E-state index in [1.165, 1.54) is 0 Å². The van der Waals surface area contributed by atoms with E-state index < -0.39 is 18.1 Å². The van der Waals surface area contributed by atoms with E-state index in [2.05, 4.69) is 56.3 Å². The molecular formula is C44H46N8O3. The first-order chi connectivity index (χ1) is 26.9. The fourth-order valence-electron chi connectivity index (χ4n) is 8.18. The first-order valence-corrected chi connectivity index (χ1v) is 19.1. The highest BCUT2D eigenvalue weighted by Crippen LogP contribution is 2.35. The minimum absolute atomic E-state index is 0.0562. The fourth-order valence-corrected chi connectivity index (χ4v) is 8.18. The van der Waals surface area contributed by atoms with Gasteiger partial charge in [-0.15, -0.1) is 0 Å². The molecule has 11 nitrogen and oxygen atoms in total. The van der Waals surface area contributed by atoms with Crippen LogP contribution in [0.25, 0.3) is 33.4 Å². The van der Waals surface area contributed by atoms with E-state index in [0.717, 1.165) is 69.6 Å². The highest BCUT2D eigenvalue weighted by Gasteiger charge is 2.38. The monoisotopic (exact) mass is 734 g/mol. The van der Waals surface area contributed by atoms with E-state index in [-0.39, 0.29) is 23.8 Å². The van der Waals surface area contributed by atoms with E-state index in [4.69, 9.17) is 4.98 Å². The maximum atomic E-state index is 13.7. The van der Waals surface area contributed by atoms with Crippen LogP contribution in [0.2, 0.25) is 0 Å². The number of aromatic nitrogens is 3. The van der Waals surface area contributed by atoms with Crippen molar-refractivity contribution in [1.29, 1.82) is 0 Å². The molecule has 11 heteroatoms. The third-order valence-electron chi connectivity index (χ3n) is 11.0. The summed E-state index contributed by atoms with van der Waals surface area (Å²) in [5.74, 6) is 0.585. The zero-order valence-electron chi connectivity index (χ0n) is 31.1. The van der Waals surface area contributed by atoms with Crippen molar-refractivity contribution in [2.45, 2.75) is 49.9 Å². The van der Waals surface area contributed by atoms with Gasteiger partial charge in [0.05, 0.1) is 17.9 Å². The summed E-state index contributed by atoms with van der Waals surface area (Å²) in [6.07, 6.45) is 5.04. The number of fused-ring (bicyclic) bond motifs is 1. The number of carbonyl (C=O) groups excluding carboxylic acids is 3. The van der Waals surface area contributed by atoms with E-state index >= 15 is 0 Å². The lowest BCUT2D eigenvalue weighted by Gasteiger charge is -2.28. The molecule has 2 aromatic heterocycles. The molecule has 4 aromatic carbocycles. The Morgan fingerprint density at radius 2 is 1.29 bits per heavy atom. The molecule has 0 aliphatic carbocycles. The summed E-state index contributed by atoms with van der Waals surface area (Å²) in [6, 6.07) is 34.1. The van der Waals surface area contributed by atoms with Crippen molar-refractivity contribution in [2.75, 3.05) is 32.5 Å². The lowest BCUT2D eigenvalue weighted by Crippen LogP contribution is -2.47. The van der Waals surface area contributed by atoms with Gasteiger partial charge in [-0.25, -0.2) is 4.98 Å². The van der Waals surface area contributed by atoms with E-state index in [0.29, 0.717) is 25.2 Å². The summed E-state index contributed by atoms with van der Waals surface area (Å²) in [6.45, 7) is 1.25. The predicted octanol–water partition coefficient (Wildman–Crippen LogP) is 6.74. The van der Waals surface area contributed by atoms with Gasteiger partial charge in [0.15, 0.2) is 0 Å². The van der Waals surface area contributed by atoms with Crippen LogP contribution in [0, 0.1) is 0 Å². The number of carbonyl (C=O) groups is 3. The van der Waals surface area contributed by atoms with Crippen molar-refractivity contribution in [1.82, 2.24) is 35.4 Å². The van der Waals surface area contributed by atoms with Gasteiger partial charge < -0.3 is 35.7 Å². The minimum atomic E-state index is -0.529. The quantitative estimate of drug-likeness (QED) is 0.100. The normalized spacial score (nSPS) is 18.1. The number of anilines is 1. The molecule has 8 rings (SSSR count). The van der Waals surface area contributed by atoms with Gasteiger partial charge in [0.2, 0.25) is 17.7 Å². The highest BCUT2D eigenvalue weighted by molar-refractivity contribution is 6.00. The molecule has 2 saturated heterocycles. The van der Waals surface area contributed by atoms with Crippen LogP contribution in [0.5, 0.6) is 0 Å². The molecule has 4 heterocycles. The molecule has 3 amide bonds. The number of benzene rings is 4. The number of nitrogens with one attached hydrogen (secondary N) is 5. The highest BCUT2D eigenvalue weighted by atomic mass is 16.2. The number of likely N-dealkylation sites (N-methyl/N-ethyl adjacent to an activating group) is 2. The van der Waals surface area contributed by atoms with Gasteiger partial charge in [0.25, 0.3) is 0 Å². The molecule has 6 aromatic rings. The van der Waals surface area contributed by atoms with Gasteiger partial charge in [-0.05, 0) is 86.3 Å². The summed E-state index contributed by atoms with van der Waals surface area (Å²) >= 11 is 0. The SMILES string of the molecule is CN[C@@H](C(=O)N1CCC[C@H]1C(=O)Nc1ccc2[nH]c(-c3ccc(-c4cnc([C@@H]5CCCN5C(=O)[C@H](NC)c5ccccc5)[nH]4)cc3)cc2c1)c1ccccc1. The van der Waals surface area contributed by atoms with Crippen LogP contribution < -0.4 is 16.0 Å². The van der Waals surface area contributed by atoms with Gasteiger partial charge in [-0.1, -0.05) is 84.9 Å². The fraction of sp³-hybridized carbons (Fsp3) is 0.273. The maximum absolute atomic E-state index is 13.7. The van der Waals surface area contributed by atoms with Crippen molar-refractivity contribution >= 4 is 34.3 Å². The Balaban J connectivity index is 0.929. The number of hydrogen-bond donors (Lipinski definition) is 5. The Bertz CT molecular complexity index is 2280. The summed E-state index contributed by atoms with van der Waals surface area (Å²) in [5, 5.41) is 10.4. The number of amides is 3. The number of H-pyrrole nitrogens is 2. The van der Waals surface area contributed by atoms with Gasteiger partial charge in [-0.2, -0.15) is 0 Å².